The Balaban J connectivity index is 1.78. The minimum absolute atomic E-state index is 0.00668. The number of nitrogens with zero attached hydrogens (tertiary/aromatic N) is 2. The highest BCUT2D eigenvalue weighted by atomic mass is 32.1. The summed E-state index contributed by atoms with van der Waals surface area (Å²) in [5.74, 6) is -1.62. The molecule has 0 atom stereocenters. The second-order valence-electron chi connectivity index (χ2n) is 5.53. The predicted molar refractivity (Wildman–Crippen MR) is 93.0 cm³/mol. The molecule has 0 aliphatic heterocycles. The third kappa shape index (κ3) is 3.93. The van der Waals surface area contributed by atoms with Crippen molar-refractivity contribution in [3.63, 3.8) is 0 Å². The third-order valence-corrected chi connectivity index (χ3v) is 4.77. The molecule has 1 N–H and O–H groups in total. The van der Waals surface area contributed by atoms with Crippen LogP contribution in [0.3, 0.4) is 0 Å². The molecule has 130 valence electrons. The molecule has 0 spiro atoms. The fraction of sp³-hybridized carbons (Fsp3) is 0.222. The zero-order chi connectivity index (χ0) is 17.8. The van der Waals surface area contributed by atoms with Gasteiger partial charge in [-0.2, -0.15) is 0 Å². The minimum Gasteiger partial charge on any atom is -0.347 e. The Kier molecular flexibility index (Phi) is 5.23. The summed E-state index contributed by atoms with van der Waals surface area (Å²) in [4.78, 5) is 17.6. The third-order valence-electron chi connectivity index (χ3n) is 3.66. The number of halogens is 2. The Morgan fingerprint density at radius 1 is 1.28 bits per heavy atom. The van der Waals surface area contributed by atoms with Crippen molar-refractivity contribution < 1.29 is 13.6 Å². The number of rotatable bonds is 6. The van der Waals surface area contributed by atoms with Crippen molar-refractivity contribution in [2.45, 2.75) is 26.3 Å². The zero-order valence-electron chi connectivity index (χ0n) is 13.6. The molecule has 0 saturated carbocycles. The van der Waals surface area contributed by atoms with Gasteiger partial charge in [-0.1, -0.05) is 30.7 Å². The molecule has 7 heteroatoms. The number of carbonyl (C=O) groups is 1. The first-order chi connectivity index (χ1) is 12.1. The van der Waals surface area contributed by atoms with E-state index >= 15 is 0 Å². The Hall–Kier alpha value is -2.54. The fourth-order valence-corrected chi connectivity index (χ4v) is 3.41. The number of aryl methyl sites for hydroxylation is 1. The zero-order valence-corrected chi connectivity index (χ0v) is 14.4. The summed E-state index contributed by atoms with van der Waals surface area (Å²) in [6.07, 6.45) is 5.28. The molecule has 0 saturated heterocycles. The van der Waals surface area contributed by atoms with Crippen LogP contribution in [-0.4, -0.2) is 15.5 Å². The van der Waals surface area contributed by atoms with Crippen LogP contribution >= 0.6 is 11.3 Å². The van der Waals surface area contributed by atoms with Gasteiger partial charge in [0.15, 0.2) is 5.13 Å². The highest BCUT2D eigenvalue weighted by molar-refractivity contribution is 7.16. The average Bonchev–Trinajstić information content (AvgIpc) is 3.23. The SMILES string of the molecule is CCCc1nc(-n2cccc2)sc1C(=O)NCc1ccc(F)cc1F. The number of thiazole rings is 1. The maximum atomic E-state index is 13.7. The number of carbonyl (C=O) groups excluding carboxylic acids is 1. The van der Waals surface area contributed by atoms with Crippen molar-refractivity contribution >= 4 is 17.2 Å². The molecule has 1 amide bonds. The molecule has 2 aromatic heterocycles. The molecular formula is C18H17F2N3OS. The molecule has 2 heterocycles. The summed E-state index contributed by atoms with van der Waals surface area (Å²) in [5, 5.41) is 3.41. The number of aromatic nitrogens is 2. The predicted octanol–water partition coefficient (Wildman–Crippen LogP) is 4.09. The van der Waals surface area contributed by atoms with Gasteiger partial charge in [0.25, 0.3) is 5.91 Å². The van der Waals surface area contributed by atoms with E-state index in [1.165, 1.54) is 23.5 Å². The summed E-state index contributed by atoms with van der Waals surface area (Å²) in [5.41, 5.74) is 0.968. The quantitative estimate of drug-likeness (QED) is 0.719. The Labute approximate surface area is 148 Å². The van der Waals surface area contributed by atoms with Crippen LogP contribution in [0.2, 0.25) is 0 Å². The van der Waals surface area contributed by atoms with E-state index in [-0.39, 0.29) is 18.0 Å². The van der Waals surface area contributed by atoms with Crippen molar-refractivity contribution in [3.05, 3.63) is 70.5 Å². The van der Waals surface area contributed by atoms with Crippen molar-refractivity contribution in [2.24, 2.45) is 0 Å². The number of hydrogen-bond donors (Lipinski definition) is 1. The second-order valence-corrected chi connectivity index (χ2v) is 6.51. The maximum absolute atomic E-state index is 13.7. The van der Waals surface area contributed by atoms with Gasteiger partial charge in [-0.15, -0.1) is 0 Å². The van der Waals surface area contributed by atoms with Gasteiger partial charge in [0.1, 0.15) is 16.5 Å². The van der Waals surface area contributed by atoms with E-state index in [4.69, 9.17) is 0 Å². The molecule has 0 fully saturated rings. The van der Waals surface area contributed by atoms with Crippen molar-refractivity contribution in [3.8, 4) is 5.13 Å². The fourth-order valence-electron chi connectivity index (χ4n) is 2.42. The van der Waals surface area contributed by atoms with Crippen LogP contribution in [0.25, 0.3) is 5.13 Å². The van der Waals surface area contributed by atoms with Crippen LogP contribution in [0.1, 0.15) is 34.3 Å². The smallest absolute Gasteiger partial charge is 0.263 e. The van der Waals surface area contributed by atoms with Gasteiger partial charge in [0, 0.05) is 30.6 Å². The highest BCUT2D eigenvalue weighted by Crippen LogP contribution is 2.23. The van der Waals surface area contributed by atoms with Crippen LogP contribution in [0.15, 0.2) is 42.7 Å². The first-order valence-electron chi connectivity index (χ1n) is 7.93. The van der Waals surface area contributed by atoms with E-state index < -0.39 is 11.6 Å². The first kappa shape index (κ1) is 17.3. The Bertz CT molecular complexity index is 875. The van der Waals surface area contributed by atoms with Crippen molar-refractivity contribution in [2.75, 3.05) is 0 Å². The molecular weight excluding hydrogens is 344 g/mol. The standard InChI is InChI=1S/C18H17F2N3OS/c1-2-5-15-16(25-18(22-15)23-8-3-4-9-23)17(24)21-11-12-6-7-13(19)10-14(12)20/h3-4,6-10H,2,5,11H2,1H3,(H,21,24). The number of benzene rings is 1. The molecule has 4 nitrogen and oxygen atoms in total. The van der Waals surface area contributed by atoms with Crippen LogP contribution < -0.4 is 5.32 Å². The molecule has 0 bridgehead atoms. The largest absolute Gasteiger partial charge is 0.347 e. The van der Waals surface area contributed by atoms with E-state index in [0.29, 0.717) is 16.4 Å². The van der Waals surface area contributed by atoms with Gasteiger partial charge in [-0.05, 0) is 24.6 Å². The summed E-state index contributed by atoms with van der Waals surface area (Å²) < 4.78 is 28.5. The lowest BCUT2D eigenvalue weighted by Crippen LogP contribution is -2.23. The van der Waals surface area contributed by atoms with E-state index in [1.807, 2.05) is 36.0 Å². The molecule has 25 heavy (non-hydrogen) atoms. The van der Waals surface area contributed by atoms with E-state index in [9.17, 15) is 13.6 Å². The molecule has 3 rings (SSSR count). The van der Waals surface area contributed by atoms with Crippen molar-refractivity contribution in [1.82, 2.24) is 14.9 Å². The molecule has 0 aliphatic rings. The summed E-state index contributed by atoms with van der Waals surface area (Å²) in [6.45, 7) is 2.01. The summed E-state index contributed by atoms with van der Waals surface area (Å²) >= 11 is 1.29. The summed E-state index contributed by atoms with van der Waals surface area (Å²) in [6, 6.07) is 7.08. The maximum Gasteiger partial charge on any atom is 0.263 e. The van der Waals surface area contributed by atoms with Gasteiger partial charge < -0.3 is 9.88 Å². The van der Waals surface area contributed by atoms with E-state index in [1.54, 1.807) is 0 Å². The lowest BCUT2D eigenvalue weighted by molar-refractivity contribution is 0.0953. The monoisotopic (exact) mass is 361 g/mol. The topological polar surface area (TPSA) is 46.9 Å². The van der Waals surface area contributed by atoms with Gasteiger partial charge in [-0.3, -0.25) is 4.79 Å². The normalized spacial score (nSPS) is 10.8. The number of nitrogens with one attached hydrogen (secondary N) is 1. The van der Waals surface area contributed by atoms with Crippen LogP contribution in [0, 0.1) is 11.6 Å². The van der Waals surface area contributed by atoms with Crippen LogP contribution in [0.5, 0.6) is 0 Å². The van der Waals surface area contributed by atoms with E-state index in [0.717, 1.165) is 18.2 Å². The van der Waals surface area contributed by atoms with Gasteiger partial charge >= 0.3 is 0 Å². The second kappa shape index (κ2) is 7.57. The molecule has 0 radical (unpaired) electrons. The van der Waals surface area contributed by atoms with Gasteiger partial charge in [-0.25, -0.2) is 13.8 Å². The molecule has 1 aromatic carbocycles. The average molecular weight is 361 g/mol. The lowest BCUT2D eigenvalue weighted by atomic mass is 10.2. The first-order valence-corrected chi connectivity index (χ1v) is 8.75. The molecule has 0 unspecified atom stereocenters. The minimum atomic E-state index is -0.675. The van der Waals surface area contributed by atoms with Crippen LogP contribution in [-0.2, 0) is 13.0 Å². The van der Waals surface area contributed by atoms with Crippen LogP contribution in [0.4, 0.5) is 8.78 Å². The van der Waals surface area contributed by atoms with E-state index in [2.05, 4.69) is 10.3 Å². The highest BCUT2D eigenvalue weighted by Gasteiger charge is 2.18. The molecule has 0 aliphatic carbocycles. The number of hydrogen-bond acceptors (Lipinski definition) is 3. The number of amides is 1. The van der Waals surface area contributed by atoms with Crippen molar-refractivity contribution in [1.29, 1.82) is 0 Å². The summed E-state index contributed by atoms with van der Waals surface area (Å²) in [7, 11) is 0. The Morgan fingerprint density at radius 2 is 2.04 bits per heavy atom. The molecule has 3 aromatic rings. The lowest BCUT2D eigenvalue weighted by Gasteiger charge is -2.06. The van der Waals surface area contributed by atoms with Gasteiger partial charge in [0.2, 0.25) is 0 Å². The van der Waals surface area contributed by atoms with Gasteiger partial charge in [0.05, 0.1) is 5.69 Å². The Morgan fingerprint density at radius 3 is 2.72 bits per heavy atom.